The van der Waals surface area contributed by atoms with Crippen LogP contribution < -0.4 is 16.1 Å². The van der Waals surface area contributed by atoms with Crippen LogP contribution in [-0.2, 0) is 14.4 Å². The number of carboxylic acid groups (broad SMARTS) is 1. The van der Waals surface area contributed by atoms with Gasteiger partial charge in [-0.3, -0.25) is 9.59 Å². The number of hydrogen-bond donors (Lipinski definition) is 3. The van der Waals surface area contributed by atoms with Crippen LogP contribution in [0.4, 0.5) is 5.69 Å². The van der Waals surface area contributed by atoms with Crippen LogP contribution in [-0.4, -0.2) is 35.6 Å². The van der Waals surface area contributed by atoms with Gasteiger partial charge in [0.2, 0.25) is 11.8 Å². The number of amides is 2. The number of hydrogen-bond acceptors (Lipinski definition) is 5. The second-order valence-electron chi connectivity index (χ2n) is 6.31. The van der Waals surface area contributed by atoms with Crippen LogP contribution in [0.1, 0.15) is 38.2 Å². The molecule has 1 aromatic rings. The minimum Gasteiger partial charge on any atom is -0.478 e. The number of nitrogens with two attached hydrogens (primary N) is 1. The lowest BCUT2D eigenvalue weighted by Gasteiger charge is -2.32. The Bertz CT molecular complexity index is 755. The topological polar surface area (TPSA) is 125 Å². The molecule has 0 radical (unpaired) electrons. The van der Waals surface area contributed by atoms with Gasteiger partial charge >= 0.3 is 5.97 Å². The zero-order valence-electron chi connectivity index (χ0n) is 15.2. The predicted octanol–water partition coefficient (Wildman–Crippen LogP) is 1.61. The number of nitrogens with one attached hydrogen (secondary N) is 1. The molecular formula is C19H24N4O4. The van der Waals surface area contributed by atoms with Gasteiger partial charge in [-0.2, -0.15) is 5.10 Å². The molecule has 8 nitrogen and oxygen atoms in total. The maximum absolute atomic E-state index is 12.8. The fourth-order valence-corrected chi connectivity index (χ4v) is 3.05. The number of piperidine rings is 1. The summed E-state index contributed by atoms with van der Waals surface area (Å²) >= 11 is 0. The molecule has 0 bridgehead atoms. The van der Waals surface area contributed by atoms with Gasteiger partial charge in [0, 0.05) is 36.3 Å². The van der Waals surface area contributed by atoms with Crippen molar-refractivity contribution in [2.24, 2.45) is 16.9 Å². The van der Waals surface area contributed by atoms with E-state index in [1.807, 2.05) is 24.3 Å². The molecule has 1 heterocycles. The molecule has 1 atom stereocenters. The van der Waals surface area contributed by atoms with Crippen molar-refractivity contribution in [2.75, 3.05) is 11.4 Å². The lowest BCUT2D eigenvalue weighted by molar-refractivity contribution is -0.131. The number of carbonyl (C=O) groups is 3. The maximum atomic E-state index is 12.8. The van der Waals surface area contributed by atoms with Gasteiger partial charge in [-0.05, 0) is 37.0 Å². The van der Waals surface area contributed by atoms with E-state index in [0.717, 1.165) is 23.7 Å². The highest BCUT2D eigenvalue weighted by Gasteiger charge is 2.31. The molecule has 1 aliphatic rings. The summed E-state index contributed by atoms with van der Waals surface area (Å²) in [6.45, 7) is 2.35. The van der Waals surface area contributed by atoms with E-state index < -0.39 is 11.9 Å². The Morgan fingerprint density at radius 2 is 2.07 bits per heavy atom. The van der Waals surface area contributed by atoms with E-state index in [2.05, 4.69) is 10.4 Å². The number of benzene rings is 1. The largest absolute Gasteiger partial charge is 0.478 e. The molecule has 0 spiro atoms. The van der Waals surface area contributed by atoms with Crippen molar-refractivity contribution in [3.63, 3.8) is 0 Å². The van der Waals surface area contributed by atoms with Gasteiger partial charge in [-0.1, -0.05) is 19.1 Å². The van der Waals surface area contributed by atoms with Crippen molar-refractivity contribution < 1.29 is 19.5 Å². The molecule has 144 valence electrons. The standard InChI is InChI=1S/C19H24N4O4/c1-2-15(11-18(25)26)22-17(24)10-14-4-3-9-23(19(14)27)16-7-5-13(6-8-16)12-21-20/h5-8,11-12,14H,2-4,9-10,20H2,1H3,(H,22,24)(H,25,26)/t14-/m0/s1. The molecule has 27 heavy (non-hydrogen) atoms. The fraction of sp³-hybridized carbons (Fsp3) is 0.368. The van der Waals surface area contributed by atoms with E-state index >= 15 is 0 Å². The smallest absolute Gasteiger partial charge is 0.330 e. The van der Waals surface area contributed by atoms with Gasteiger partial charge in [0.25, 0.3) is 0 Å². The molecule has 0 saturated carbocycles. The maximum Gasteiger partial charge on any atom is 0.330 e. The van der Waals surface area contributed by atoms with Gasteiger partial charge in [-0.25, -0.2) is 4.79 Å². The Hall–Kier alpha value is -3.16. The van der Waals surface area contributed by atoms with Crippen molar-refractivity contribution in [3.05, 3.63) is 41.6 Å². The van der Waals surface area contributed by atoms with Gasteiger partial charge in [0.15, 0.2) is 0 Å². The summed E-state index contributed by atoms with van der Waals surface area (Å²) < 4.78 is 0. The number of anilines is 1. The third-order valence-corrected chi connectivity index (χ3v) is 4.39. The van der Waals surface area contributed by atoms with Gasteiger partial charge < -0.3 is 21.2 Å². The number of allylic oxidation sites excluding steroid dienone is 1. The normalized spacial score (nSPS) is 18.0. The summed E-state index contributed by atoms with van der Waals surface area (Å²) in [7, 11) is 0. The van der Waals surface area contributed by atoms with Crippen LogP contribution in [0.3, 0.4) is 0 Å². The Balaban J connectivity index is 2.03. The fourth-order valence-electron chi connectivity index (χ4n) is 3.05. The molecular weight excluding hydrogens is 348 g/mol. The summed E-state index contributed by atoms with van der Waals surface area (Å²) in [5.41, 5.74) is 1.92. The molecule has 1 aliphatic heterocycles. The lowest BCUT2D eigenvalue weighted by atomic mass is 9.93. The molecule has 2 rings (SSSR count). The highest BCUT2D eigenvalue weighted by atomic mass is 16.4. The Morgan fingerprint density at radius 1 is 1.37 bits per heavy atom. The number of hydrazone groups is 1. The van der Waals surface area contributed by atoms with Crippen molar-refractivity contribution >= 4 is 29.7 Å². The van der Waals surface area contributed by atoms with E-state index in [4.69, 9.17) is 10.9 Å². The van der Waals surface area contributed by atoms with Crippen LogP contribution in [0.2, 0.25) is 0 Å². The first-order valence-electron chi connectivity index (χ1n) is 8.82. The summed E-state index contributed by atoms with van der Waals surface area (Å²) in [6, 6.07) is 7.28. The number of carboxylic acids is 1. The Kier molecular flexibility index (Phi) is 7.10. The number of carbonyl (C=O) groups excluding carboxylic acids is 2. The number of rotatable bonds is 7. The minimum absolute atomic E-state index is 0.0320. The molecule has 8 heteroatoms. The first-order chi connectivity index (χ1) is 12.9. The third kappa shape index (κ3) is 5.67. The molecule has 0 aliphatic carbocycles. The zero-order valence-corrected chi connectivity index (χ0v) is 15.2. The Labute approximate surface area is 157 Å². The molecule has 0 aromatic heterocycles. The van der Waals surface area contributed by atoms with E-state index in [1.165, 1.54) is 6.21 Å². The molecule has 4 N–H and O–H groups in total. The molecule has 1 fully saturated rings. The average molecular weight is 372 g/mol. The number of nitrogens with zero attached hydrogens (tertiary/aromatic N) is 2. The van der Waals surface area contributed by atoms with Crippen LogP contribution in [0.5, 0.6) is 0 Å². The second-order valence-corrected chi connectivity index (χ2v) is 6.31. The van der Waals surface area contributed by atoms with Crippen molar-refractivity contribution in [3.8, 4) is 0 Å². The lowest BCUT2D eigenvalue weighted by Crippen LogP contribution is -2.43. The van der Waals surface area contributed by atoms with Gasteiger partial charge in [-0.15, -0.1) is 0 Å². The SMILES string of the molecule is CCC(=CC(=O)O)NC(=O)C[C@@H]1CCCN(c2ccc(C=NN)cc2)C1=O. The van der Waals surface area contributed by atoms with Crippen molar-refractivity contribution in [2.45, 2.75) is 32.6 Å². The summed E-state index contributed by atoms with van der Waals surface area (Å²) in [6.07, 6.45) is 4.33. The number of aliphatic carboxylic acids is 1. The zero-order chi connectivity index (χ0) is 19.8. The van der Waals surface area contributed by atoms with E-state index in [9.17, 15) is 14.4 Å². The summed E-state index contributed by atoms with van der Waals surface area (Å²) in [4.78, 5) is 37.5. The Morgan fingerprint density at radius 3 is 2.67 bits per heavy atom. The monoisotopic (exact) mass is 372 g/mol. The predicted molar refractivity (Wildman–Crippen MR) is 102 cm³/mol. The first kappa shape index (κ1) is 20.2. The van der Waals surface area contributed by atoms with Crippen molar-refractivity contribution in [1.82, 2.24) is 5.32 Å². The molecule has 2 amide bonds. The highest BCUT2D eigenvalue weighted by molar-refractivity contribution is 5.98. The molecule has 0 unspecified atom stereocenters. The van der Waals surface area contributed by atoms with Crippen LogP contribution in [0.25, 0.3) is 0 Å². The quantitative estimate of drug-likeness (QED) is 0.290. The average Bonchev–Trinajstić information content (AvgIpc) is 2.63. The van der Waals surface area contributed by atoms with Crippen LogP contribution >= 0.6 is 0 Å². The van der Waals surface area contributed by atoms with Gasteiger partial charge in [0.1, 0.15) is 0 Å². The van der Waals surface area contributed by atoms with Crippen LogP contribution in [0, 0.1) is 5.92 Å². The summed E-state index contributed by atoms with van der Waals surface area (Å²) in [5.74, 6) is 3.14. The first-order valence-corrected chi connectivity index (χ1v) is 8.82. The molecule has 1 saturated heterocycles. The van der Waals surface area contributed by atoms with E-state index in [1.54, 1.807) is 11.8 Å². The minimum atomic E-state index is -1.12. The highest BCUT2D eigenvalue weighted by Crippen LogP contribution is 2.26. The van der Waals surface area contributed by atoms with Gasteiger partial charge in [0.05, 0.1) is 6.21 Å². The molecule has 1 aromatic carbocycles. The summed E-state index contributed by atoms with van der Waals surface area (Å²) in [5, 5.41) is 14.9. The third-order valence-electron chi connectivity index (χ3n) is 4.39. The second kappa shape index (κ2) is 9.51. The van der Waals surface area contributed by atoms with E-state index in [-0.39, 0.29) is 18.2 Å². The van der Waals surface area contributed by atoms with Crippen LogP contribution in [0.15, 0.2) is 41.1 Å². The van der Waals surface area contributed by atoms with E-state index in [0.29, 0.717) is 25.1 Å². The van der Waals surface area contributed by atoms with Crippen molar-refractivity contribution in [1.29, 1.82) is 0 Å².